The third kappa shape index (κ3) is 5.30. The van der Waals surface area contributed by atoms with Gasteiger partial charge in [0.15, 0.2) is 0 Å². The number of hydrogen-bond acceptors (Lipinski definition) is 6. The number of aryl methyl sites for hydroxylation is 2. The van der Waals surface area contributed by atoms with E-state index >= 15 is 0 Å². The van der Waals surface area contributed by atoms with Gasteiger partial charge in [-0.3, -0.25) is 9.59 Å². The maximum Gasteiger partial charge on any atom is 0.255 e. The molecule has 0 aliphatic carbocycles. The number of carbonyl (C=O) groups excluding carboxylic acids is 2. The Kier molecular flexibility index (Phi) is 7.18. The van der Waals surface area contributed by atoms with Gasteiger partial charge in [0, 0.05) is 39.3 Å². The summed E-state index contributed by atoms with van der Waals surface area (Å²) in [6.45, 7) is 6.64. The Hall–Kier alpha value is -2.06. The van der Waals surface area contributed by atoms with Gasteiger partial charge < -0.3 is 19.9 Å². The van der Waals surface area contributed by atoms with E-state index in [-0.39, 0.29) is 29.9 Å². The molecular formula is C21H33N5O3. The second-order valence-electron chi connectivity index (χ2n) is 8.35. The fourth-order valence-electron chi connectivity index (χ4n) is 4.48. The van der Waals surface area contributed by atoms with Crippen molar-refractivity contribution < 1.29 is 14.3 Å². The Morgan fingerprint density at radius 3 is 2.34 bits per heavy atom. The lowest BCUT2D eigenvalue weighted by atomic mass is 9.98. The molecule has 1 N–H and O–H groups in total. The minimum Gasteiger partial charge on any atom is -0.381 e. The number of piperidine rings is 1. The number of ether oxygens (including phenoxy) is 1. The first kappa shape index (κ1) is 21.6. The van der Waals surface area contributed by atoms with Crippen LogP contribution < -0.4 is 5.32 Å². The Morgan fingerprint density at radius 2 is 1.72 bits per heavy atom. The molecule has 2 atom stereocenters. The van der Waals surface area contributed by atoms with Crippen LogP contribution in [-0.4, -0.2) is 84.1 Å². The van der Waals surface area contributed by atoms with Gasteiger partial charge in [0.05, 0.1) is 29.0 Å². The largest absolute Gasteiger partial charge is 0.381 e. The van der Waals surface area contributed by atoms with E-state index < -0.39 is 0 Å². The van der Waals surface area contributed by atoms with Crippen LogP contribution in [0.1, 0.15) is 47.4 Å². The molecule has 3 heterocycles. The number of methoxy groups -OCH3 is 1. The van der Waals surface area contributed by atoms with Gasteiger partial charge in [-0.25, -0.2) is 9.97 Å². The van der Waals surface area contributed by atoms with Gasteiger partial charge in [-0.2, -0.15) is 0 Å². The average molecular weight is 404 g/mol. The number of aromatic nitrogens is 2. The molecule has 2 aliphatic rings. The van der Waals surface area contributed by atoms with Crippen LogP contribution in [0.25, 0.3) is 0 Å². The van der Waals surface area contributed by atoms with Crippen LogP contribution in [0.4, 0.5) is 0 Å². The minimum atomic E-state index is -0.134. The summed E-state index contributed by atoms with van der Waals surface area (Å²) in [5, 5.41) is 3.14. The van der Waals surface area contributed by atoms with Crippen molar-refractivity contribution in [2.75, 3.05) is 40.3 Å². The summed E-state index contributed by atoms with van der Waals surface area (Å²) < 4.78 is 5.41. The lowest BCUT2D eigenvalue weighted by Gasteiger charge is -2.34. The molecule has 0 spiro atoms. The number of carbonyl (C=O) groups is 2. The number of nitrogens with one attached hydrogen (secondary N) is 1. The second kappa shape index (κ2) is 9.63. The van der Waals surface area contributed by atoms with Crippen molar-refractivity contribution in [3.05, 3.63) is 23.3 Å². The van der Waals surface area contributed by atoms with Crippen LogP contribution in [-0.2, 0) is 9.53 Å². The molecule has 29 heavy (non-hydrogen) atoms. The Bertz CT molecular complexity index is 713. The normalized spacial score (nSPS) is 24.2. The second-order valence-corrected chi connectivity index (χ2v) is 8.35. The molecule has 0 bridgehead atoms. The van der Waals surface area contributed by atoms with Crippen molar-refractivity contribution in [1.82, 2.24) is 25.1 Å². The summed E-state index contributed by atoms with van der Waals surface area (Å²) >= 11 is 0. The van der Waals surface area contributed by atoms with Crippen LogP contribution in [0.3, 0.4) is 0 Å². The fraction of sp³-hybridized carbons (Fsp3) is 0.714. The highest BCUT2D eigenvalue weighted by atomic mass is 16.5. The topological polar surface area (TPSA) is 87.7 Å². The van der Waals surface area contributed by atoms with Crippen LogP contribution in [0, 0.1) is 19.8 Å². The smallest absolute Gasteiger partial charge is 0.255 e. The third-order valence-corrected chi connectivity index (χ3v) is 6.15. The van der Waals surface area contributed by atoms with Crippen molar-refractivity contribution in [2.45, 2.75) is 51.7 Å². The summed E-state index contributed by atoms with van der Waals surface area (Å²) in [6.07, 6.45) is 5.12. The lowest BCUT2D eigenvalue weighted by Crippen LogP contribution is -2.45. The van der Waals surface area contributed by atoms with E-state index in [9.17, 15) is 9.59 Å². The first-order chi connectivity index (χ1) is 13.9. The SMILES string of the molecule is COC1CCN(C(=O)[C@@H]2CC[C@H](NC(=O)c3c(C)ncnc3C)CN(C)C2)CC1. The first-order valence-corrected chi connectivity index (χ1v) is 10.5. The Balaban J connectivity index is 1.59. The van der Waals surface area contributed by atoms with E-state index in [1.165, 1.54) is 6.33 Å². The molecule has 0 saturated carbocycles. The van der Waals surface area contributed by atoms with Crippen molar-refractivity contribution >= 4 is 11.8 Å². The summed E-state index contributed by atoms with van der Waals surface area (Å²) in [4.78, 5) is 38.3. The summed E-state index contributed by atoms with van der Waals surface area (Å²) in [7, 11) is 3.76. The quantitative estimate of drug-likeness (QED) is 0.812. The van der Waals surface area contributed by atoms with Crippen LogP contribution in [0.2, 0.25) is 0 Å². The zero-order valence-electron chi connectivity index (χ0n) is 18.0. The molecule has 0 unspecified atom stereocenters. The molecule has 160 valence electrons. The monoisotopic (exact) mass is 403 g/mol. The number of rotatable bonds is 4. The van der Waals surface area contributed by atoms with Gasteiger partial charge in [-0.05, 0) is 46.6 Å². The van der Waals surface area contributed by atoms with Gasteiger partial charge in [-0.15, -0.1) is 0 Å². The fourth-order valence-corrected chi connectivity index (χ4v) is 4.48. The number of hydrogen-bond donors (Lipinski definition) is 1. The zero-order chi connectivity index (χ0) is 21.0. The molecular weight excluding hydrogens is 370 g/mol. The molecule has 1 aromatic heterocycles. The van der Waals surface area contributed by atoms with E-state index in [4.69, 9.17) is 4.74 Å². The highest BCUT2D eigenvalue weighted by Gasteiger charge is 2.32. The van der Waals surface area contributed by atoms with E-state index in [0.29, 0.717) is 17.0 Å². The average Bonchev–Trinajstić information content (AvgIpc) is 2.88. The number of likely N-dealkylation sites (tertiary alicyclic amines) is 2. The highest BCUT2D eigenvalue weighted by Crippen LogP contribution is 2.22. The molecule has 8 nitrogen and oxygen atoms in total. The predicted molar refractivity (Wildman–Crippen MR) is 110 cm³/mol. The molecule has 2 saturated heterocycles. The van der Waals surface area contributed by atoms with Gasteiger partial charge in [-0.1, -0.05) is 0 Å². The van der Waals surface area contributed by atoms with Crippen LogP contribution in [0.15, 0.2) is 6.33 Å². The van der Waals surface area contributed by atoms with Crippen molar-refractivity contribution in [3.63, 3.8) is 0 Å². The van der Waals surface area contributed by atoms with Crippen LogP contribution in [0.5, 0.6) is 0 Å². The van der Waals surface area contributed by atoms with Gasteiger partial charge in [0.25, 0.3) is 5.91 Å². The Morgan fingerprint density at radius 1 is 1.07 bits per heavy atom. The molecule has 2 fully saturated rings. The van der Waals surface area contributed by atoms with E-state index in [1.807, 2.05) is 25.8 Å². The Labute approximate surface area is 173 Å². The van der Waals surface area contributed by atoms with E-state index in [0.717, 1.165) is 51.9 Å². The summed E-state index contributed by atoms with van der Waals surface area (Å²) in [5.74, 6) is 0.0801. The first-order valence-electron chi connectivity index (χ1n) is 10.5. The maximum absolute atomic E-state index is 13.0. The number of amides is 2. The third-order valence-electron chi connectivity index (χ3n) is 6.15. The van der Waals surface area contributed by atoms with Gasteiger partial charge in [0.2, 0.25) is 5.91 Å². The molecule has 1 aromatic rings. The van der Waals surface area contributed by atoms with Crippen molar-refractivity contribution in [2.24, 2.45) is 5.92 Å². The molecule has 2 amide bonds. The molecule has 2 aliphatic heterocycles. The lowest BCUT2D eigenvalue weighted by molar-refractivity contribution is -0.138. The van der Waals surface area contributed by atoms with Gasteiger partial charge in [0.1, 0.15) is 6.33 Å². The number of likely N-dealkylation sites (N-methyl/N-ethyl adjacent to an activating group) is 1. The molecule has 0 radical (unpaired) electrons. The maximum atomic E-state index is 13.0. The van der Waals surface area contributed by atoms with Crippen LogP contribution >= 0.6 is 0 Å². The van der Waals surface area contributed by atoms with E-state index in [2.05, 4.69) is 20.2 Å². The number of nitrogens with zero attached hydrogens (tertiary/aromatic N) is 4. The standard InChI is InChI=1S/C21H33N5O3/c1-14-19(15(2)23-13-22-14)20(27)24-17-6-5-16(11-25(3)12-17)21(28)26-9-7-18(29-4)8-10-26/h13,16-18H,5-12H2,1-4H3,(H,24,27)/t16-,17+/m1/s1. The van der Waals surface area contributed by atoms with Gasteiger partial charge >= 0.3 is 0 Å². The van der Waals surface area contributed by atoms with Crippen molar-refractivity contribution in [3.8, 4) is 0 Å². The van der Waals surface area contributed by atoms with Crippen molar-refractivity contribution in [1.29, 1.82) is 0 Å². The summed E-state index contributed by atoms with van der Waals surface area (Å²) in [6, 6.07) is 0.00327. The molecule has 3 rings (SSSR count). The minimum absolute atomic E-state index is 0.00327. The molecule has 8 heteroatoms. The molecule has 0 aromatic carbocycles. The zero-order valence-corrected chi connectivity index (χ0v) is 18.0. The predicted octanol–water partition coefficient (Wildman–Crippen LogP) is 1.17. The summed E-state index contributed by atoms with van der Waals surface area (Å²) in [5.41, 5.74) is 1.92. The van der Waals surface area contributed by atoms with E-state index in [1.54, 1.807) is 7.11 Å². The highest BCUT2D eigenvalue weighted by molar-refractivity contribution is 5.96.